The van der Waals surface area contributed by atoms with Crippen LogP contribution in [0.15, 0.2) is 54.6 Å². The number of nitrogens with two attached hydrogens (primary N) is 1. The number of rotatable bonds is 7. The number of benzene rings is 2. The van der Waals surface area contributed by atoms with E-state index in [1.54, 1.807) is 0 Å². The zero-order chi connectivity index (χ0) is 15.8. The molecule has 0 saturated heterocycles. The maximum Gasteiger partial charge on any atom is 0.222 e. The molecule has 22 heavy (non-hydrogen) atoms. The highest BCUT2D eigenvalue weighted by Crippen LogP contribution is 2.15. The molecule has 0 aliphatic heterocycles. The summed E-state index contributed by atoms with van der Waals surface area (Å²) in [6.07, 6.45) is 0.272. The molecule has 0 spiro atoms. The number of carbonyl (C=O) groups excluding carboxylic acids is 1. The number of para-hydroxylation sites is 1. The summed E-state index contributed by atoms with van der Waals surface area (Å²) in [6.45, 7) is 2.90. The summed E-state index contributed by atoms with van der Waals surface area (Å²) in [5.41, 5.74) is 8.07. The van der Waals surface area contributed by atoms with Crippen molar-refractivity contribution < 1.29 is 9.53 Å². The number of hydrogen-bond donors (Lipinski definition) is 2. The zero-order valence-corrected chi connectivity index (χ0v) is 12.8. The highest BCUT2D eigenvalue weighted by atomic mass is 16.5. The van der Waals surface area contributed by atoms with Crippen molar-refractivity contribution >= 4 is 5.91 Å². The molecule has 4 heteroatoms. The molecule has 0 aromatic heterocycles. The highest BCUT2D eigenvalue weighted by Gasteiger charge is 2.10. The predicted octanol–water partition coefficient (Wildman–Crippen LogP) is 2.58. The van der Waals surface area contributed by atoms with Crippen molar-refractivity contribution in [1.82, 2.24) is 5.32 Å². The Balaban J connectivity index is 1.69. The second-order valence-electron chi connectivity index (χ2n) is 5.19. The maximum absolute atomic E-state index is 11.9. The number of nitrogens with one attached hydrogen (secondary N) is 1. The van der Waals surface area contributed by atoms with Gasteiger partial charge in [0.2, 0.25) is 5.91 Å². The number of amides is 1. The van der Waals surface area contributed by atoms with Crippen molar-refractivity contribution in [2.24, 2.45) is 5.73 Å². The minimum atomic E-state index is -0.279. The van der Waals surface area contributed by atoms with Gasteiger partial charge in [-0.3, -0.25) is 4.79 Å². The Morgan fingerprint density at radius 2 is 1.82 bits per heavy atom. The fourth-order valence-electron chi connectivity index (χ4n) is 2.16. The lowest BCUT2D eigenvalue weighted by atomic mass is 10.0. The third-order valence-electron chi connectivity index (χ3n) is 3.41. The van der Waals surface area contributed by atoms with E-state index >= 15 is 0 Å². The number of carbonyl (C=O) groups is 1. The minimum absolute atomic E-state index is 0.0651. The van der Waals surface area contributed by atoms with Gasteiger partial charge in [-0.25, -0.2) is 0 Å². The quantitative estimate of drug-likeness (QED) is 0.772. The first-order valence-electron chi connectivity index (χ1n) is 7.42. The molecule has 2 aromatic rings. The third-order valence-corrected chi connectivity index (χ3v) is 3.41. The summed E-state index contributed by atoms with van der Waals surface area (Å²) in [4.78, 5) is 11.9. The summed E-state index contributed by atoms with van der Waals surface area (Å²) in [6, 6.07) is 17.2. The second-order valence-corrected chi connectivity index (χ2v) is 5.19. The Morgan fingerprint density at radius 1 is 1.14 bits per heavy atom. The molecule has 0 saturated carbocycles. The molecule has 0 bridgehead atoms. The van der Waals surface area contributed by atoms with E-state index in [2.05, 4.69) is 5.32 Å². The first kappa shape index (κ1) is 16.0. The van der Waals surface area contributed by atoms with Crippen LogP contribution in [0.1, 0.15) is 23.6 Å². The standard InChI is InChI=1S/C18H22N2O2/c1-14-7-5-6-10-17(14)22-12-11-20-18(21)13-16(19)15-8-3-2-4-9-15/h2-10,16H,11-13,19H2,1H3,(H,20,21). The van der Waals surface area contributed by atoms with E-state index in [9.17, 15) is 4.79 Å². The molecule has 3 N–H and O–H groups in total. The molecule has 1 unspecified atom stereocenters. The van der Waals surface area contributed by atoms with Crippen LogP contribution in [0.4, 0.5) is 0 Å². The van der Waals surface area contributed by atoms with E-state index in [0.717, 1.165) is 16.9 Å². The lowest BCUT2D eigenvalue weighted by Gasteiger charge is -2.13. The molecule has 0 heterocycles. The van der Waals surface area contributed by atoms with Crippen LogP contribution in [-0.2, 0) is 4.79 Å². The third kappa shape index (κ3) is 4.90. The van der Waals surface area contributed by atoms with Gasteiger partial charge in [0.1, 0.15) is 12.4 Å². The summed E-state index contributed by atoms with van der Waals surface area (Å²) in [5, 5.41) is 2.83. The van der Waals surface area contributed by atoms with Crippen LogP contribution < -0.4 is 15.8 Å². The molecule has 2 aromatic carbocycles. The second kappa shape index (κ2) is 8.20. The largest absolute Gasteiger partial charge is 0.491 e. The van der Waals surface area contributed by atoms with Crippen LogP contribution in [-0.4, -0.2) is 19.1 Å². The molecule has 1 atom stereocenters. The molecule has 0 aliphatic rings. The first-order chi connectivity index (χ1) is 10.7. The highest BCUT2D eigenvalue weighted by molar-refractivity contribution is 5.76. The summed E-state index contributed by atoms with van der Waals surface area (Å²) < 4.78 is 5.63. The van der Waals surface area contributed by atoms with E-state index in [-0.39, 0.29) is 18.4 Å². The van der Waals surface area contributed by atoms with Crippen molar-refractivity contribution in [3.8, 4) is 5.75 Å². The number of hydrogen-bond acceptors (Lipinski definition) is 3. The van der Waals surface area contributed by atoms with Crippen LogP contribution in [0.2, 0.25) is 0 Å². The smallest absolute Gasteiger partial charge is 0.222 e. The average molecular weight is 298 g/mol. The van der Waals surface area contributed by atoms with Crippen LogP contribution in [0.25, 0.3) is 0 Å². The SMILES string of the molecule is Cc1ccccc1OCCNC(=O)CC(N)c1ccccc1. The van der Waals surface area contributed by atoms with Crippen molar-refractivity contribution in [2.75, 3.05) is 13.2 Å². The van der Waals surface area contributed by atoms with Crippen LogP contribution >= 0.6 is 0 Å². The van der Waals surface area contributed by atoms with Crippen LogP contribution in [0, 0.1) is 6.92 Å². The van der Waals surface area contributed by atoms with Crippen molar-refractivity contribution in [3.63, 3.8) is 0 Å². The lowest BCUT2D eigenvalue weighted by molar-refractivity contribution is -0.121. The molecule has 1 amide bonds. The molecule has 2 rings (SSSR count). The van der Waals surface area contributed by atoms with Crippen LogP contribution in [0.5, 0.6) is 5.75 Å². The Hall–Kier alpha value is -2.33. The fraction of sp³-hybridized carbons (Fsp3) is 0.278. The number of aryl methyl sites for hydroxylation is 1. The van der Waals surface area contributed by atoms with Gasteiger partial charge in [-0.05, 0) is 24.1 Å². The summed E-state index contributed by atoms with van der Waals surface area (Å²) >= 11 is 0. The van der Waals surface area contributed by atoms with Gasteiger partial charge in [-0.15, -0.1) is 0 Å². The van der Waals surface area contributed by atoms with Gasteiger partial charge < -0.3 is 15.8 Å². The molecular formula is C18H22N2O2. The van der Waals surface area contributed by atoms with Gasteiger partial charge in [-0.2, -0.15) is 0 Å². The van der Waals surface area contributed by atoms with E-state index < -0.39 is 0 Å². The normalized spacial score (nSPS) is 11.7. The van der Waals surface area contributed by atoms with E-state index in [0.29, 0.717) is 13.2 Å². The fourth-order valence-corrected chi connectivity index (χ4v) is 2.16. The van der Waals surface area contributed by atoms with Crippen molar-refractivity contribution in [1.29, 1.82) is 0 Å². The molecular weight excluding hydrogens is 276 g/mol. The van der Waals surface area contributed by atoms with Gasteiger partial charge in [0.25, 0.3) is 0 Å². The van der Waals surface area contributed by atoms with Crippen LogP contribution in [0.3, 0.4) is 0 Å². The molecule has 4 nitrogen and oxygen atoms in total. The number of ether oxygens (including phenoxy) is 1. The molecule has 116 valence electrons. The minimum Gasteiger partial charge on any atom is -0.491 e. The zero-order valence-electron chi connectivity index (χ0n) is 12.8. The monoisotopic (exact) mass is 298 g/mol. The van der Waals surface area contributed by atoms with Gasteiger partial charge in [0.15, 0.2) is 0 Å². The Kier molecular flexibility index (Phi) is 5.98. The predicted molar refractivity (Wildman–Crippen MR) is 87.7 cm³/mol. The lowest BCUT2D eigenvalue weighted by Crippen LogP contribution is -2.30. The van der Waals surface area contributed by atoms with Gasteiger partial charge in [0, 0.05) is 12.5 Å². The maximum atomic E-state index is 11.9. The molecule has 0 radical (unpaired) electrons. The summed E-state index contributed by atoms with van der Waals surface area (Å²) in [5.74, 6) is 0.780. The molecule has 0 aliphatic carbocycles. The van der Waals surface area contributed by atoms with Crippen molar-refractivity contribution in [2.45, 2.75) is 19.4 Å². The van der Waals surface area contributed by atoms with Gasteiger partial charge >= 0.3 is 0 Å². The topological polar surface area (TPSA) is 64.3 Å². The first-order valence-corrected chi connectivity index (χ1v) is 7.42. The Labute approximate surface area is 131 Å². The average Bonchev–Trinajstić information content (AvgIpc) is 2.54. The summed E-state index contributed by atoms with van der Waals surface area (Å²) in [7, 11) is 0. The van der Waals surface area contributed by atoms with Gasteiger partial charge in [0.05, 0.1) is 6.54 Å². The molecule has 0 fully saturated rings. The van der Waals surface area contributed by atoms with E-state index in [1.807, 2.05) is 61.5 Å². The van der Waals surface area contributed by atoms with Crippen molar-refractivity contribution in [3.05, 3.63) is 65.7 Å². The Morgan fingerprint density at radius 3 is 2.55 bits per heavy atom. The van der Waals surface area contributed by atoms with Gasteiger partial charge in [-0.1, -0.05) is 48.5 Å². The van der Waals surface area contributed by atoms with E-state index in [1.165, 1.54) is 0 Å². The van der Waals surface area contributed by atoms with E-state index in [4.69, 9.17) is 10.5 Å². The Bertz CT molecular complexity index is 599.